The number of para-hydroxylation sites is 1. The number of ether oxygens (including phenoxy) is 1. The maximum atomic E-state index is 11.9. The van der Waals surface area contributed by atoms with Gasteiger partial charge >= 0.3 is 6.09 Å². The van der Waals surface area contributed by atoms with Crippen LogP contribution >= 0.6 is 0 Å². The van der Waals surface area contributed by atoms with E-state index in [0.717, 1.165) is 17.7 Å². The Morgan fingerprint density at radius 1 is 1.20 bits per heavy atom. The van der Waals surface area contributed by atoms with E-state index in [0.29, 0.717) is 6.54 Å². The first kappa shape index (κ1) is 16.5. The molecule has 0 fully saturated rings. The lowest BCUT2D eigenvalue weighted by Crippen LogP contribution is -2.29. The molecule has 20 heavy (non-hydrogen) atoms. The Morgan fingerprint density at radius 2 is 1.80 bits per heavy atom. The zero-order valence-electron chi connectivity index (χ0n) is 13.1. The summed E-state index contributed by atoms with van der Waals surface area (Å²) < 4.78 is 5.28. The predicted octanol–water partition coefficient (Wildman–Crippen LogP) is 3.56. The Balaban J connectivity index is 2.83. The minimum Gasteiger partial charge on any atom is -0.444 e. The van der Waals surface area contributed by atoms with Crippen LogP contribution in [0.25, 0.3) is 0 Å². The number of benzene rings is 1. The molecule has 112 valence electrons. The van der Waals surface area contributed by atoms with Crippen molar-refractivity contribution < 1.29 is 9.53 Å². The molecule has 0 radical (unpaired) electrons. The zero-order valence-corrected chi connectivity index (χ0v) is 13.1. The Bertz CT molecular complexity index is 462. The van der Waals surface area contributed by atoms with Crippen molar-refractivity contribution in [2.45, 2.75) is 46.6 Å². The van der Waals surface area contributed by atoms with Gasteiger partial charge in [0.15, 0.2) is 0 Å². The third kappa shape index (κ3) is 5.61. The van der Waals surface area contributed by atoms with E-state index >= 15 is 0 Å². The highest BCUT2D eigenvalue weighted by Crippen LogP contribution is 2.25. The molecular weight excluding hydrogens is 252 g/mol. The van der Waals surface area contributed by atoms with Crippen molar-refractivity contribution in [3.05, 3.63) is 29.8 Å². The average Bonchev–Trinajstić information content (AvgIpc) is 2.29. The van der Waals surface area contributed by atoms with Crippen LogP contribution in [0.15, 0.2) is 24.3 Å². The van der Waals surface area contributed by atoms with Crippen molar-refractivity contribution in [1.82, 2.24) is 0 Å². The Kier molecular flexibility index (Phi) is 5.17. The highest BCUT2D eigenvalue weighted by Gasteiger charge is 2.20. The standard InChI is InChI=1S/C16H26N2O2/c1-15(2,3)20-14(19)18-13-9-7-6-8-12(13)10-16(4,5)11-17/h6-9H,10-11,17H2,1-5H3,(H,18,19). The maximum absolute atomic E-state index is 11.9. The SMILES string of the molecule is CC(C)(CN)Cc1ccccc1NC(=O)OC(C)(C)C. The van der Waals surface area contributed by atoms with Crippen molar-refractivity contribution in [2.75, 3.05) is 11.9 Å². The molecule has 0 atom stereocenters. The molecule has 0 aromatic heterocycles. The van der Waals surface area contributed by atoms with Gasteiger partial charge in [0.2, 0.25) is 0 Å². The van der Waals surface area contributed by atoms with Gasteiger partial charge in [-0.2, -0.15) is 0 Å². The fourth-order valence-corrected chi connectivity index (χ4v) is 1.80. The molecule has 4 heteroatoms. The summed E-state index contributed by atoms with van der Waals surface area (Å²) in [6.07, 6.45) is 0.366. The second-order valence-electron chi connectivity index (χ2n) is 6.83. The molecule has 4 nitrogen and oxygen atoms in total. The first-order valence-corrected chi connectivity index (χ1v) is 6.91. The lowest BCUT2D eigenvalue weighted by atomic mass is 9.85. The summed E-state index contributed by atoms with van der Waals surface area (Å²) in [7, 11) is 0. The number of anilines is 1. The van der Waals surface area contributed by atoms with Gasteiger partial charge in [-0.25, -0.2) is 4.79 Å². The zero-order chi connectivity index (χ0) is 15.4. The number of hydrogen-bond acceptors (Lipinski definition) is 3. The minimum absolute atomic E-state index is 0.00822. The van der Waals surface area contributed by atoms with Crippen LogP contribution in [-0.4, -0.2) is 18.2 Å². The van der Waals surface area contributed by atoms with Crippen molar-refractivity contribution in [3.63, 3.8) is 0 Å². The number of hydrogen-bond donors (Lipinski definition) is 2. The van der Waals surface area contributed by atoms with E-state index in [-0.39, 0.29) is 5.41 Å². The van der Waals surface area contributed by atoms with E-state index in [9.17, 15) is 4.79 Å². The maximum Gasteiger partial charge on any atom is 0.412 e. The molecule has 0 spiro atoms. The third-order valence-electron chi connectivity index (χ3n) is 2.87. The van der Waals surface area contributed by atoms with Gasteiger partial charge in [-0.1, -0.05) is 32.0 Å². The largest absolute Gasteiger partial charge is 0.444 e. The summed E-state index contributed by atoms with van der Waals surface area (Å²) in [6.45, 7) is 10.3. The van der Waals surface area contributed by atoms with Crippen molar-refractivity contribution in [2.24, 2.45) is 11.1 Å². The number of nitrogens with one attached hydrogen (secondary N) is 1. The highest BCUT2D eigenvalue weighted by atomic mass is 16.6. The molecule has 0 heterocycles. The highest BCUT2D eigenvalue weighted by molar-refractivity contribution is 5.85. The summed E-state index contributed by atoms with van der Waals surface area (Å²) in [6, 6.07) is 7.74. The lowest BCUT2D eigenvalue weighted by Gasteiger charge is -2.24. The summed E-state index contributed by atoms with van der Waals surface area (Å²) in [5.41, 5.74) is 7.11. The van der Waals surface area contributed by atoms with E-state index in [2.05, 4.69) is 19.2 Å². The topological polar surface area (TPSA) is 64.3 Å². The molecule has 0 aliphatic heterocycles. The molecule has 0 bridgehead atoms. The van der Waals surface area contributed by atoms with Crippen molar-refractivity contribution in [3.8, 4) is 0 Å². The number of amides is 1. The Labute approximate surface area is 121 Å². The van der Waals surface area contributed by atoms with Crippen LogP contribution in [0.2, 0.25) is 0 Å². The predicted molar refractivity (Wildman–Crippen MR) is 82.8 cm³/mol. The van der Waals surface area contributed by atoms with Crippen LogP contribution in [0.1, 0.15) is 40.2 Å². The third-order valence-corrected chi connectivity index (χ3v) is 2.87. The van der Waals surface area contributed by atoms with Crippen LogP contribution in [0, 0.1) is 5.41 Å². The molecule has 3 N–H and O–H groups in total. The van der Waals surface area contributed by atoms with Gasteiger partial charge in [0.25, 0.3) is 0 Å². The fraction of sp³-hybridized carbons (Fsp3) is 0.562. The van der Waals surface area contributed by atoms with Crippen molar-refractivity contribution >= 4 is 11.8 Å². The van der Waals surface area contributed by atoms with Gasteiger partial charge in [0, 0.05) is 5.69 Å². The monoisotopic (exact) mass is 278 g/mol. The Hall–Kier alpha value is -1.55. The molecule has 1 aromatic carbocycles. The number of carbonyl (C=O) groups excluding carboxylic acids is 1. The molecule has 0 aliphatic carbocycles. The molecule has 1 aromatic rings. The van der Waals surface area contributed by atoms with Crippen LogP contribution in [0.4, 0.5) is 10.5 Å². The van der Waals surface area contributed by atoms with E-state index in [1.54, 1.807) is 0 Å². The molecule has 0 unspecified atom stereocenters. The number of carbonyl (C=O) groups is 1. The second kappa shape index (κ2) is 6.27. The molecule has 0 saturated carbocycles. The molecule has 0 aliphatic rings. The van der Waals surface area contributed by atoms with Gasteiger partial charge in [-0.05, 0) is 50.8 Å². The van der Waals surface area contributed by atoms with Gasteiger partial charge in [0.1, 0.15) is 5.60 Å². The normalized spacial score (nSPS) is 12.1. The molecular formula is C16H26N2O2. The summed E-state index contributed by atoms with van der Waals surface area (Å²) in [5.74, 6) is 0. The lowest BCUT2D eigenvalue weighted by molar-refractivity contribution is 0.0635. The van der Waals surface area contributed by atoms with E-state index in [1.807, 2.05) is 45.0 Å². The van der Waals surface area contributed by atoms with Gasteiger partial charge in [-0.15, -0.1) is 0 Å². The van der Waals surface area contributed by atoms with Gasteiger partial charge < -0.3 is 10.5 Å². The second-order valence-corrected chi connectivity index (χ2v) is 6.83. The molecule has 1 amide bonds. The summed E-state index contributed by atoms with van der Waals surface area (Å²) in [4.78, 5) is 11.9. The quantitative estimate of drug-likeness (QED) is 0.885. The first-order chi connectivity index (χ1) is 9.13. The number of rotatable bonds is 4. The van der Waals surface area contributed by atoms with E-state index in [4.69, 9.17) is 10.5 Å². The van der Waals surface area contributed by atoms with Gasteiger partial charge in [0.05, 0.1) is 0 Å². The minimum atomic E-state index is -0.504. The average molecular weight is 278 g/mol. The fourth-order valence-electron chi connectivity index (χ4n) is 1.80. The van der Waals surface area contributed by atoms with Crippen LogP contribution in [0.3, 0.4) is 0 Å². The van der Waals surface area contributed by atoms with Gasteiger partial charge in [-0.3, -0.25) is 5.32 Å². The van der Waals surface area contributed by atoms with Crippen molar-refractivity contribution in [1.29, 1.82) is 0 Å². The summed E-state index contributed by atoms with van der Waals surface area (Å²) in [5, 5.41) is 2.81. The molecule has 1 rings (SSSR count). The smallest absolute Gasteiger partial charge is 0.412 e. The number of nitrogens with two attached hydrogens (primary N) is 1. The summed E-state index contributed by atoms with van der Waals surface area (Å²) >= 11 is 0. The Morgan fingerprint density at radius 3 is 2.35 bits per heavy atom. The molecule has 0 saturated heterocycles. The van der Waals surface area contributed by atoms with E-state index in [1.165, 1.54) is 0 Å². The van der Waals surface area contributed by atoms with Crippen LogP contribution in [-0.2, 0) is 11.2 Å². The van der Waals surface area contributed by atoms with Crippen LogP contribution in [0.5, 0.6) is 0 Å². The van der Waals surface area contributed by atoms with E-state index < -0.39 is 11.7 Å². The first-order valence-electron chi connectivity index (χ1n) is 6.91. The van der Waals surface area contributed by atoms with Crippen LogP contribution < -0.4 is 11.1 Å².